The van der Waals surface area contributed by atoms with Crippen molar-refractivity contribution < 1.29 is 31.5 Å². The van der Waals surface area contributed by atoms with Gasteiger partial charge in [-0.3, -0.25) is 14.9 Å². The van der Waals surface area contributed by atoms with Crippen LogP contribution in [0.25, 0.3) is 0 Å². The van der Waals surface area contributed by atoms with Crippen LogP contribution in [0.4, 0.5) is 27.9 Å². The van der Waals surface area contributed by atoms with E-state index in [9.17, 15) is 31.5 Å². The van der Waals surface area contributed by atoms with Crippen LogP contribution in [0.15, 0.2) is 24.5 Å². The fourth-order valence-electron chi connectivity index (χ4n) is 3.65. The van der Waals surface area contributed by atoms with Crippen LogP contribution in [-0.4, -0.2) is 45.9 Å². The number of nitrogens with zero attached hydrogens (tertiary/aromatic N) is 3. The molecule has 1 aliphatic carbocycles. The van der Waals surface area contributed by atoms with E-state index in [0.29, 0.717) is 6.07 Å². The van der Waals surface area contributed by atoms with E-state index in [0.717, 1.165) is 11.0 Å². The molecule has 1 aliphatic heterocycles. The lowest BCUT2D eigenvalue weighted by atomic mass is 9.84. The van der Waals surface area contributed by atoms with Gasteiger partial charge in [0.1, 0.15) is 18.5 Å². The smallest absolute Gasteiger partial charge is 0.328 e. The van der Waals surface area contributed by atoms with Gasteiger partial charge in [-0.1, -0.05) is 11.6 Å². The van der Waals surface area contributed by atoms with Gasteiger partial charge in [0.25, 0.3) is 5.91 Å². The van der Waals surface area contributed by atoms with E-state index in [4.69, 9.17) is 11.6 Å². The van der Waals surface area contributed by atoms with E-state index in [1.807, 2.05) is 0 Å². The molecule has 2 aliphatic rings. The summed E-state index contributed by atoms with van der Waals surface area (Å²) in [6.07, 6.45) is -4.39. The van der Waals surface area contributed by atoms with Crippen LogP contribution < -0.4 is 5.32 Å². The Kier molecular flexibility index (Phi) is 4.68. The number of amides is 2. The highest BCUT2D eigenvalue weighted by molar-refractivity contribution is 6.30. The van der Waals surface area contributed by atoms with E-state index in [1.54, 1.807) is 0 Å². The summed E-state index contributed by atoms with van der Waals surface area (Å²) >= 11 is 5.65. The van der Waals surface area contributed by atoms with Crippen molar-refractivity contribution in [2.75, 3.05) is 18.4 Å². The largest absolute Gasteiger partial charge is 0.419 e. The van der Waals surface area contributed by atoms with Gasteiger partial charge in [0, 0.05) is 17.7 Å². The van der Waals surface area contributed by atoms with Crippen LogP contribution in [0.2, 0.25) is 5.02 Å². The molecule has 158 valence electrons. The minimum atomic E-state index is -4.99. The van der Waals surface area contributed by atoms with E-state index in [2.05, 4.69) is 15.3 Å². The average Bonchev–Trinajstić information content (AvgIpc) is 3.29. The number of anilines is 1. The van der Waals surface area contributed by atoms with E-state index < -0.39 is 59.6 Å². The molecule has 1 aromatic carbocycles. The lowest BCUT2D eigenvalue weighted by Crippen LogP contribution is -2.48. The third-order valence-corrected chi connectivity index (χ3v) is 5.32. The first-order valence-electron chi connectivity index (χ1n) is 8.64. The Hall–Kier alpha value is -2.82. The summed E-state index contributed by atoms with van der Waals surface area (Å²) in [5.74, 6) is -3.31. The number of rotatable bonds is 3. The number of halogens is 6. The summed E-state index contributed by atoms with van der Waals surface area (Å²) in [4.78, 5) is 33.5. The number of carbonyl (C=O) groups excluding carboxylic acids is 2. The molecule has 2 heterocycles. The van der Waals surface area contributed by atoms with Crippen LogP contribution in [-0.2, 0) is 16.4 Å². The van der Waals surface area contributed by atoms with Gasteiger partial charge in [0.2, 0.25) is 11.9 Å². The Bertz CT molecular complexity index is 1050. The Morgan fingerprint density at radius 2 is 1.93 bits per heavy atom. The molecule has 0 unspecified atom stereocenters. The second-order valence-corrected chi connectivity index (χ2v) is 7.55. The highest BCUT2D eigenvalue weighted by atomic mass is 35.5. The molecule has 1 fully saturated rings. The molecular formula is C18H12ClF5N4O2. The van der Waals surface area contributed by atoms with Gasteiger partial charge in [0.15, 0.2) is 0 Å². The summed E-state index contributed by atoms with van der Waals surface area (Å²) in [7, 11) is 0. The van der Waals surface area contributed by atoms with Gasteiger partial charge in [-0.15, -0.1) is 0 Å². The van der Waals surface area contributed by atoms with Crippen LogP contribution in [0.5, 0.6) is 0 Å². The quantitative estimate of drug-likeness (QED) is 0.734. The first-order valence-corrected chi connectivity index (χ1v) is 9.01. The van der Waals surface area contributed by atoms with Gasteiger partial charge in [-0.25, -0.2) is 18.7 Å². The van der Waals surface area contributed by atoms with Gasteiger partial charge in [-0.2, -0.15) is 13.2 Å². The zero-order valence-electron chi connectivity index (χ0n) is 14.9. The van der Waals surface area contributed by atoms with Crippen molar-refractivity contribution in [1.82, 2.24) is 14.9 Å². The summed E-state index contributed by atoms with van der Waals surface area (Å²) < 4.78 is 68.1. The molecule has 4 rings (SSSR count). The molecule has 2 atom stereocenters. The van der Waals surface area contributed by atoms with E-state index >= 15 is 0 Å². The number of hydrogen-bond acceptors (Lipinski definition) is 4. The molecule has 1 aromatic heterocycles. The maximum atomic E-state index is 14.7. The highest BCUT2D eigenvalue weighted by Gasteiger charge is 2.63. The summed E-state index contributed by atoms with van der Waals surface area (Å²) in [5.41, 5.74) is -4.13. The molecule has 2 amide bonds. The number of carbonyl (C=O) groups is 2. The monoisotopic (exact) mass is 446 g/mol. The van der Waals surface area contributed by atoms with Crippen LogP contribution in [0.1, 0.15) is 27.9 Å². The standard InChI is InChI=1S/C18H12ClF5N4O2/c19-8-4-25-16(26-5-8)27-12(29)6-28-7-17(3-11(17)20)13-9(15(28)30)1-2-10(14(13)21)18(22,23)24/h1-2,4-5,11H,3,6-7H2,(H,25,26,27,29)/t11-,17+/m1/s1. The number of alkyl halides is 4. The molecule has 1 spiro atoms. The first kappa shape index (κ1) is 20.5. The van der Waals surface area contributed by atoms with Crippen molar-refractivity contribution in [2.24, 2.45) is 0 Å². The molecule has 30 heavy (non-hydrogen) atoms. The fraction of sp³-hybridized carbons (Fsp3) is 0.333. The molecule has 1 N–H and O–H groups in total. The maximum Gasteiger partial charge on any atom is 0.419 e. The predicted octanol–water partition coefficient (Wildman–Crippen LogP) is 3.36. The van der Waals surface area contributed by atoms with Gasteiger partial charge in [0.05, 0.1) is 28.4 Å². The van der Waals surface area contributed by atoms with Crippen molar-refractivity contribution in [3.63, 3.8) is 0 Å². The topological polar surface area (TPSA) is 75.2 Å². The molecule has 0 bridgehead atoms. The van der Waals surface area contributed by atoms with Gasteiger partial charge < -0.3 is 4.90 Å². The van der Waals surface area contributed by atoms with Crippen molar-refractivity contribution in [3.05, 3.63) is 52.1 Å². The molecule has 0 saturated heterocycles. The second-order valence-electron chi connectivity index (χ2n) is 7.11. The summed E-state index contributed by atoms with van der Waals surface area (Å²) in [5, 5.41) is 2.57. The van der Waals surface area contributed by atoms with E-state index in [-0.39, 0.29) is 23.0 Å². The Morgan fingerprint density at radius 1 is 1.30 bits per heavy atom. The number of aromatic nitrogens is 2. The molecule has 6 nitrogen and oxygen atoms in total. The number of benzene rings is 1. The zero-order chi connectivity index (χ0) is 21.8. The van der Waals surface area contributed by atoms with Crippen molar-refractivity contribution in [1.29, 1.82) is 0 Å². The number of fused-ring (bicyclic) bond motifs is 2. The van der Waals surface area contributed by atoms with Crippen LogP contribution in [0.3, 0.4) is 0 Å². The van der Waals surface area contributed by atoms with Gasteiger partial charge in [-0.05, 0) is 18.6 Å². The van der Waals surface area contributed by atoms with Crippen molar-refractivity contribution in [2.45, 2.75) is 24.2 Å². The van der Waals surface area contributed by atoms with Crippen LogP contribution in [0, 0.1) is 5.82 Å². The SMILES string of the molecule is O=C(CN1C[C@]2(C[C@H]2F)c2c(ccc(C(F)(F)F)c2F)C1=O)Nc1ncc(Cl)cn1. The summed E-state index contributed by atoms with van der Waals surface area (Å²) in [6, 6.07) is 1.27. The third kappa shape index (κ3) is 3.36. The Labute approximate surface area is 171 Å². The lowest BCUT2D eigenvalue weighted by molar-refractivity contribution is -0.140. The Balaban J connectivity index is 1.62. The molecule has 1 saturated carbocycles. The van der Waals surface area contributed by atoms with Crippen LogP contribution >= 0.6 is 11.6 Å². The molecular weight excluding hydrogens is 435 g/mol. The van der Waals surface area contributed by atoms with Crippen molar-refractivity contribution in [3.8, 4) is 0 Å². The first-order chi connectivity index (χ1) is 14.0. The third-order valence-electron chi connectivity index (χ3n) is 5.12. The minimum Gasteiger partial charge on any atom is -0.328 e. The van der Waals surface area contributed by atoms with Gasteiger partial charge >= 0.3 is 6.18 Å². The predicted molar refractivity (Wildman–Crippen MR) is 94.2 cm³/mol. The minimum absolute atomic E-state index is 0.0837. The Morgan fingerprint density at radius 3 is 2.50 bits per heavy atom. The maximum absolute atomic E-state index is 14.7. The molecule has 2 aromatic rings. The van der Waals surface area contributed by atoms with Crippen molar-refractivity contribution >= 4 is 29.4 Å². The normalized spacial score (nSPS) is 22.8. The molecule has 12 heteroatoms. The number of nitrogens with one attached hydrogen (secondary N) is 1. The zero-order valence-corrected chi connectivity index (χ0v) is 15.7. The second kappa shape index (κ2) is 6.86. The highest BCUT2D eigenvalue weighted by Crippen LogP contribution is 2.56. The average molecular weight is 447 g/mol. The summed E-state index contributed by atoms with van der Waals surface area (Å²) in [6.45, 7) is -0.964. The fourth-order valence-corrected chi connectivity index (χ4v) is 3.74. The number of hydrogen-bond donors (Lipinski definition) is 1. The lowest BCUT2D eigenvalue weighted by Gasteiger charge is -2.35. The van der Waals surface area contributed by atoms with E-state index in [1.165, 1.54) is 12.4 Å². The molecule has 0 radical (unpaired) electrons.